The van der Waals surface area contributed by atoms with Gasteiger partial charge in [0, 0.05) is 39.6 Å². The van der Waals surface area contributed by atoms with E-state index in [-0.39, 0.29) is 37.2 Å². The molecule has 3 saturated heterocycles. The van der Waals surface area contributed by atoms with Gasteiger partial charge in [0.25, 0.3) is 0 Å². The predicted octanol–water partition coefficient (Wildman–Crippen LogP) is 3.66. The van der Waals surface area contributed by atoms with Gasteiger partial charge in [-0.2, -0.15) is 0 Å². The van der Waals surface area contributed by atoms with E-state index < -0.39 is 0 Å². The van der Waals surface area contributed by atoms with Crippen LogP contribution in [0.15, 0.2) is 0 Å². The maximum atomic E-state index is 4.94. The lowest BCUT2D eigenvalue weighted by atomic mass is 10.4. The van der Waals surface area contributed by atoms with E-state index in [1.165, 1.54) is 38.5 Å². The van der Waals surface area contributed by atoms with Crippen LogP contribution in [0, 0.1) is 0 Å². The monoisotopic (exact) mass is 324 g/mol. The van der Waals surface area contributed by atoms with Crippen molar-refractivity contribution < 1.29 is 14.2 Å². The average Bonchev–Trinajstić information content (AvgIpc) is 3.09. The molecule has 0 bridgehead atoms. The summed E-state index contributed by atoms with van der Waals surface area (Å²) in [7, 11) is 0. The standard InChI is InChI=1S/3C4H8O.3ClH/c3*1-2-4-5-3-1;;;/h3*1-4H2;3*1H. The zero-order chi connectivity index (χ0) is 10.6. The Labute approximate surface area is 130 Å². The third kappa shape index (κ3) is 16.8. The first-order valence-corrected chi connectivity index (χ1v) is 6.23. The summed E-state index contributed by atoms with van der Waals surface area (Å²) in [6.45, 7) is 6.00. The highest BCUT2D eigenvalue weighted by atomic mass is 35.5. The summed E-state index contributed by atoms with van der Waals surface area (Å²) >= 11 is 0. The van der Waals surface area contributed by atoms with Crippen LogP contribution in [-0.2, 0) is 14.2 Å². The molecular weight excluding hydrogens is 298 g/mol. The third-order valence-electron chi connectivity index (χ3n) is 2.48. The zero-order valence-corrected chi connectivity index (χ0v) is 13.4. The zero-order valence-electron chi connectivity index (χ0n) is 10.9. The quantitative estimate of drug-likeness (QED) is 0.680. The largest absolute Gasteiger partial charge is 0.381 e. The highest BCUT2D eigenvalue weighted by molar-refractivity contribution is 5.86. The molecule has 114 valence electrons. The number of hydrogen-bond acceptors (Lipinski definition) is 3. The second kappa shape index (κ2) is 20.1. The minimum absolute atomic E-state index is 0. The number of hydrogen-bond donors (Lipinski definition) is 0. The Bertz CT molecular complexity index is 81.1. The molecular formula is C12H27Cl3O3. The minimum Gasteiger partial charge on any atom is -0.381 e. The third-order valence-corrected chi connectivity index (χ3v) is 2.48. The van der Waals surface area contributed by atoms with Crippen LogP contribution in [0.4, 0.5) is 0 Å². The molecule has 0 atom stereocenters. The highest BCUT2D eigenvalue weighted by Crippen LogP contribution is 1.99. The Kier molecular flexibility index (Phi) is 26.6. The maximum absolute atomic E-state index is 4.94. The van der Waals surface area contributed by atoms with Gasteiger partial charge >= 0.3 is 0 Å². The number of halogens is 3. The van der Waals surface area contributed by atoms with Crippen LogP contribution in [0.25, 0.3) is 0 Å². The fourth-order valence-electron chi connectivity index (χ4n) is 1.53. The predicted molar refractivity (Wildman–Crippen MR) is 81.9 cm³/mol. The molecule has 3 fully saturated rings. The molecule has 3 nitrogen and oxygen atoms in total. The smallest absolute Gasteiger partial charge is 0.0466 e. The molecule has 0 saturated carbocycles. The Morgan fingerprint density at radius 3 is 0.556 bits per heavy atom. The Hall–Kier alpha value is 0.750. The van der Waals surface area contributed by atoms with Crippen LogP contribution in [0.1, 0.15) is 38.5 Å². The maximum Gasteiger partial charge on any atom is 0.0466 e. The second-order valence-electron chi connectivity index (χ2n) is 3.96. The van der Waals surface area contributed by atoms with Gasteiger partial charge in [0.1, 0.15) is 0 Å². The summed E-state index contributed by atoms with van der Waals surface area (Å²) in [5.41, 5.74) is 0. The van der Waals surface area contributed by atoms with Gasteiger partial charge in [-0.15, -0.1) is 37.2 Å². The number of rotatable bonds is 0. The molecule has 0 radical (unpaired) electrons. The van der Waals surface area contributed by atoms with E-state index in [1.54, 1.807) is 0 Å². The molecule has 0 aromatic heterocycles. The highest BCUT2D eigenvalue weighted by Gasteiger charge is 1.95. The van der Waals surface area contributed by atoms with Crippen molar-refractivity contribution in [2.24, 2.45) is 0 Å². The molecule has 0 N–H and O–H groups in total. The van der Waals surface area contributed by atoms with Crippen LogP contribution in [0.5, 0.6) is 0 Å². The van der Waals surface area contributed by atoms with Crippen LogP contribution in [0.3, 0.4) is 0 Å². The van der Waals surface area contributed by atoms with E-state index in [1.807, 2.05) is 0 Å². The van der Waals surface area contributed by atoms with E-state index >= 15 is 0 Å². The van der Waals surface area contributed by atoms with Crippen LogP contribution >= 0.6 is 37.2 Å². The van der Waals surface area contributed by atoms with Crippen molar-refractivity contribution in [3.8, 4) is 0 Å². The first-order chi connectivity index (χ1) is 7.50. The van der Waals surface area contributed by atoms with Crippen molar-refractivity contribution in [1.29, 1.82) is 0 Å². The van der Waals surface area contributed by atoms with Gasteiger partial charge in [0.15, 0.2) is 0 Å². The first kappa shape index (κ1) is 23.8. The van der Waals surface area contributed by atoms with Gasteiger partial charge in [-0.25, -0.2) is 0 Å². The van der Waals surface area contributed by atoms with Crippen molar-refractivity contribution in [1.82, 2.24) is 0 Å². The van der Waals surface area contributed by atoms with Gasteiger partial charge in [-0.3, -0.25) is 0 Å². The topological polar surface area (TPSA) is 27.7 Å². The van der Waals surface area contributed by atoms with E-state index in [2.05, 4.69) is 0 Å². The Balaban J connectivity index is -0.000000173. The van der Waals surface area contributed by atoms with Gasteiger partial charge in [0.05, 0.1) is 0 Å². The van der Waals surface area contributed by atoms with Gasteiger partial charge in [-0.05, 0) is 38.5 Å². The molecule has 3 rings (SSSR count). The van der Waals surface area contributed by atoms with Gasteiger partial charge < -0.3 is 14.2 Å². The second-order valence-corrected chi connectivity index (χ2v) is 3.96. The molecule has 0 aliphatic carbocycles. The first-order valence-electron chi connectivity index (χ1n) is 6.23. The lowest BCUT2D eigenvalue weighted by molar-refractivity contribution is 0.198. The van der Waals surface area contributed by atoms with Crippen molar-refractivity contribution in [3.63, 3.8) is 0 Å². The fraction of sp³-hybridized carbons (Fsp3) is 1.00. The molecule has 3 aliphatic heterocycles. The fourth-order valence-corrected chi connectivity index (χ4v) is 1.53. The Morgan fingerprint density at radius 2 is 0.500 bits per heavy atom. The Morgan fingerprint density at radius 1 is 0.333 bits per heavy atom. The lowest BCUT2D eigenvalue weighted by Crippen LogP contribution is -1.74. The van der Waals surface area contributed by atoms with Crippen molar-refractivity contribution in [2.75, 3.05) is 39.6 Å². The molecule has 18 heavy (non-hydrogen) atoms. The van der Waals surface area contributed by atoms with E-state index in [0.717, 1.165) is 39.6 Å². The van der Waals surface area contributed by atoms with Crippen LogP contribution in [0.2, 0.25) is 0 Å². The summed E-state index contributed by atoms with van der Waals surface area (Å²) < 4.78 is 14.8. The van der Waals surface area contributed by atoms with E-state index in [0.29, 0.717) is 0 Å². The molecule has 0 aromatic carbocycles. The molecule has 6 heteroatoms. The summed E-state index contributed by atoms with van der Waals surface area (Å²) in [5.74, 6) is 0. The summed E-state index contributed by atoms with van der Waals surface area (Å²) in [4.78, 5) is 0. The van der Waals surface area contributed by atoms with Gasteiger partial charge in [-0.1, -0.05) is 0 Å². The molecule has 3 aliphatic rings. The molecule has 0 amide bonds. The van der Waals surface area contributed by atoms with E-state index in [9.17, 15) is 0 Å². The minimum atomic E-state index is 0. The lowest BCUT2D eigenvalue weighted by Gasteiger charge is -1.76. The van der Waals surface area contributed by atoms with E-state index in [4.69, 9.17) is 14.2 Å². The molecule has 0 aromatic rings. The normalized spacial score (nSPS) is 20.0. The van der Waals surface area contributed by atoms with Crippen molar-refractivity contribution >= 4 is 37.2 Å². The average molecular weight is 326 g/mol. The summed E-state index contributed by atoms with van der Waals surface area (Å²) in [5, 5.41) is 0. The molecule has 0 spiro atoms. The number of ether oxygens (including phenoxy) is 3. The van der Waals surface area contributed by atoms with Crippen LogP contribution < -0.4 is 0 Å². The van der Waals surface area contributed by atoms with Gasteiger partial charge in [0.2, 0.25) is 0 Å². The SMILES string of the molecule is C1CCOC1.C1CCOC1.C1CCOC1.Cl.Cl.Cl. The van der Waals surface area contributed by atoms with Crippen molar-refractivity contribution in [3.05, 3.63) is 0 Å². The summed E-state index contributed by atoms with van der Waals surface area (Å²) in [6.07, 6.45) is 7.67. The molecule has 3 heterocycles. The van der Waals surface area contributed by atoms with Crippen LogP contribution in [-0.4, -0.2) is 39.6 Å². The molecule has 0 unspecified atom stereocenters. The van der Waals surface area contributed by atoms with Crippen molar-refractivity contribution in [2.45, 2.75) is 38.5 Å². The summed E-state index contributed by atoms with van der Waals surface area (Å²) in [6, 6.07) is 0.